The van der Waals surface area contributed by atoms with Gasteiger partial charge in [0.2, 0.25) is 0 Å². The van der Waals surface area contributed by atoms with E-state index in [-0.39, 0.29) is 0 Å². The quantitative estimate of drug-likeness (QED) is 0.529. The average Bonchev–Trinajstić information content (AvgIpc) is 1.87. The van der Waals surface area contributed by atoms with E-state index in [2.05, 4.69) is 28.2 Å². The van der Waals surface area contributed by atoms with Gasteiger partial charge in [0.05, 0.1) is 0 Å². The fourth-order valence-corrected chi connectivity index (χ4v) is 1.63. The Labute approximate surface area is 52.6 Å². The molecule has 2 unspecified atom stereocenters. The van der Waals surface area contributed by atoms with Crippen molar-refractivity contribution in [2.24, 2.45) is 0 Å². The second-order valence-electron chi connectivity index (χ2n) is 2.14. The third-order valence-corrected chi connectivity index (χ3v) is 1.99. The predicted octanol–water partition coefficient (Wildman–Crippen LogP) is 1.13. The van der Waals surface area contributed by atoms with Gasteiger partial charge in [-0.3, -0.25) is 0 Å². The molecule has 0 amide bonds. The first-order valence-corrected chi connectivity index (χ1v) is 3.58. The van der Waals surface area contributed by atoms with Gasteiger partial charge in [0.25, 0.3) is 0 Å². The van der Waals surface area contributed by atoms with Crippen LogP contribution >= 0.6 is 15.9 Å². The Morgan fingerprint density at radius 3 is 2.57 bits per heavy atom. The van der Waals surface area contributed by atoms with E-state index in [0.29, 0.717) is 0 Å². The van der Waals surface area contributed by atoms with Crippen LogP contribution in [0.5, 0.6) is 0 Å². The number of hydrogen-bond donors (Lipinski definition) is 1. The summed E-state index contributed by atoms with van der Waals surface area (Å²) in [6.07, 6.45) is 1.28. The molecule has 1 rings (SSSR count). The van der Waals surface area contributed by atoms with E-state index in [0.717, 1.165) is 17.4 Å². The Bertz CT molecular complexity index is 57.1. The van der Waals surface area contributed by atoms with E-state index in [1.807, 2.05) is 0 Å². The minimum absolute atomic E-state index is 0.725. The van der Waals surface area contributed by atoms with Crippen molar-refractivity contribution in [3.8, 4) is 0 Å². The van der Waals surface area contributed by atoms with Crippen molar-refractivity contribution in [3.05, 3.63) is 0 Å². The van der Waals surface area contributed by atoms with E-state index in [9.17, 15) is 0 Å². The molecule has 0 aromatic heterocycles. The number of hydrogen-bond acceptors (Lipinski definition) is 1. The molecule has 2 heteroatoms. The Morgan fingerprint density at radius 2 is 2.43 bits per heavy atom. The minimum atomic E-state index is 0.725. The topological polar surface area (TPSA) is 12.0 Å². The van der Waals surface area contributed by atoms with Crippen LogP contribution in [0.15, 0.2) is 0 Å². The van der Waals surface area contributed by atoms with Crippen LogP contribution in [0.1, 0.15) is 13.3 Å². The molecule has 0 saturated carbocycles. The first-order chi connectivity index (χ1) is 3.29. The molecular weight excluding hydrogens is 154 g/mol. The smallest absolute Gasteiger partial charge is 0.0285 e. The highest BCUT2D eigenvalue weighted by atomic mass is 79.9. The maximum Gasteiger partial charge on any atom is 0.0285 e. The first-order valence-electron chi connectivity index (χ1n) is 2.66. The molecule has 1 aliphatic rings. The summed E-state index contributed by atoms with van der Waals surface area (Å²) in [6, 6.07) is 0.726. The molecule has 1 saturated heterocycles. The van der Waals surface area contributed by atoms with Gasteiger partial charge in [0.1, 0.15) is 0 Å². The molecule has 1 nitrogen and oxygen atoms in total. The van der Waals surface area contributed by atoms with Gasteiger partial charge < -0.3 is 5.32 Å². The van der Waals surface area contributed by atoms with E-state index >= 15 is 0 Å². The van der Waals surface area contributed by atoms with Gasteiger partial charge in [-0.05, 0) is 13.3 Å². The summed E-state index contributed by atoms with van der Waals surface area (Å²) < 4.78 is 0. The summed E-state index contributed by atoms with van der Waals surface area (Å²) >= 11 is 3.52. The van der Waals surface area contributed by atoms with Crippen molar-refractivity contribution in [2.75, 3.05) is 6.54 Å². The lowest BCUT2D eigenvalue weighted by Crippen LogP contribution is -2.16. The molecule has 0 radical (unpaired) electrons. The van der Waals surface area contributed by atoms with Crippen LogP contribution in [-0.2, 0) is 0 Å². The molecule has 7 heavy (non-hydrogen) atoms. The molecule has 2 atom stereocenters. The third-order valence-electron chi connectivity index (χ3n) is 1.30. The van der Waals surface area contributed by atoms with Crippen LogP contribution in [-0.4, -0.2) is 17.4 Å². The summed E-state index contributed by atoms with van der Waals surface area (Å²) in [7, 11) is 0. The maximum atomic E-state index is 3.52. The molecule has 0 bridgehead atoms. The number of rotatable bonds is 0. The molecule has 0 aromatic carbocycles. The lowest BCUT2D eigenvalue weighted by molar-refractivity contribution is 0.665. The van der Waals surface area contributed by atoms with Gasteiger partial charge in [-0.2, -0.15) is 0 Å². The van der Waals surface area contributed by atoms with Crippen molar-refractivity contribution in [3.63, 3.8) is 0 Å². The standard InChI is InChI=1S/C5H10BrN/c1-4-2-5(6)3-7-4/h4-5,7H,2-3H2,1H3. The molecule has 0 spiro atoms. The maximum absolute atomic E-state index is 3.52. The molecular formula is C5H10BrN. The van der Waals surface area contributed by atoms with Gasteiger partial charge in [0, 0.05) is 17.4 Å². The van der Waals surface area contributed by atoms with Crippen LogP contribution in [0.25, 0.3) is 0 Å². The monoisotopic (exact) mass is 163 g/mol. The highest BCUT2D eigenvalue weighted by Crippen LogP contribution is 2.12. The van der Waals surface area contributed by atoms with Gasteiger partial charge in [-0.25, -0.2) is 0 Å². The second kappa shape index (κ2) is 2.14. The Morgan fingerprint density at radius 1 is 1.71 bits per heavy atom. The fourth-order valence-electron chi connectivity index (χ4n) is 0.879. The van der Waals surface area contributed by atoms with Crippen molar-refractivity contribution in [1.29, 1.82) is 0 Å². The summed E-state index contributed by atoms with van der Waals surface area (Å²) in [5.74, 6) is 0. The van der Waals surface area contributed by atoms with Crippen LogP contribution < -0.4 is 5.32 Å². The molecule has 1 N–H and O–H groups in total. The Balaban J connectivity index is 2.26. The highest BCUT2D eigenvalue weighted by Gasteiger charge is 2.16. The summed E-state index contributed by atoms with van der Waals surface area (Å²) in [5.41, 5.74) is 0. The second-order valence-corrected chi connectivity index (χ2v) is 3.44. The SMILES string of the molecule is CC1CC(Br)CN1. The van der Waals surface area contributed by atoms with E-state index in [1.54, 1.807) is 0 Å². The van der Waals surface area contributed by atoms with E-state index in [1.165, 1.54) is 6.42 Å². The predicted molar refractivity (Wildman–Crippen MR) is 34.8 cm³/mol. The van der Waals surface area contributed by atoms with Crippen molar-refractivity contribution in [2.45, 2.75) is 24.2 Å². The number of nitrogens with one attached hydrogen (secondary N) is 1. The van der Waals surface area contributed by atoms with Gasteiger partial charge in [-0.15, -0.1) is 0 Å². The molecule has 0 aliphatic carbocycles. The van der Waals surface area contributed by atoms with Crippen molar-refractivity contribution < 1.29 is 0 Å². The average molecular weight is 164 g/mol. The van der Waals surface area contributed by atoms with Crippen LogP contribution in [0, 0.1) is 0 Å². The zero-order valence-corrected chi connectivity index (χ0v) is 6.03. The number of alkyl halides is 1. The largest absolute Gasteiger partial charge is 0.313 e. The van der Waals surface area contributed by atoms with Crippen molar-refractivity contribution >= 4 is 15.9 Å². The van der Waals surface area contributed by atoms with Crippen molar-refractivity contribution in [1.82, 2.24) is 5.32 Å². The number of halogens is 1. The normalized spacial score (nSPS) is 42.0. The molecule has 42 valence electrons. The van der Waals surface area contributed by atoms with E-state index in [4.69, 9.17) is 0 Å². The first kappa shape index (κ1) is 5.57. The van der Waals surface area contributed by atoms with Gasteiger partial charge in [0.15, 0.2) is 0 Å². The lowest BCUT2D eigenvalue weighted by Gasteiger charge is -1.95. The van der Waals surface area contributed by atoms with Gasteiger partial charge >= 0.3 is 0 Å². The van der Waals surface area contributed by atoms with Crippen LogP contribution in [0.3, 0.4) is 0 Å². The van der Waals surface area contributed by atoms with E-state index < -0.39 is 0 Å². The van der Waals surface area contributed by atoms with Crippen LogP contribution in [0.2, 0.25) is 0 Å². The molecule has 0 aromatic rings. The third kappa shape index (κ3) is 1.42. The van der Waals surface area contributed by atoms with Crippen LogP contribution in [0.4, 0.5) is 0 Å². The highest BCUT2D eigenvalue weighted by molar-refractivity contribution is 9.09. The molecule has 1 aliphatic heterocycles. The zero-order chi connectivity index (χ0) is 5.28. The lowest BCUT2D eigenvalue weighted by atomic mass is 10.3. The zero-order valence-electron chi connectivity index (χ0n) is 4.45. The summed E-state index contributed by atoms with van der Waals surface area (Å²) in [4.78, 5) is 0.725. The Hall–Kier alpha value is 0.440. The molecule has 1 heterocycles. The summed E-state index contributed by atoms with van der Waals surface area (Å²) in [6.45, 7) is 3.35. The Kier molecular flexibility index (Phi) is 1.70. The summed E-state index contributed by atoms with van der Waals surface area (Å²) in [5, 5.41) is 3.32. The van der Waals surface area contributed by atoms with Gasteiger partial charge in [-0.1, -0.05) is 15.9 Å². The minimum Gasteiger partial charge on any atom is -0.313 e. The fraction of sp³-hybridized carbons (Fsp3) is 1.00. The molecule has 1 fully saturated rings.